The molecule has 1 unspecified atom stereocenters. The predicted octanol–water partition coefficient (Wildman–Crippen LogP) is 2.63. The fraction of sp³-hybridized carbons (Fsp3) is 0.667. The van der Waals surface area contributed by atoms with Gasteiger partial charge in [-0.3, -0.25) is 0 Å². The van der Waals surface area contributed by atoms with Crippen LogP contribution < -0.4 is 10.6 Å². The number of aryl methyl sites for hydroxylation is 1. The second kappa shape index (κ2) is 7.37. The van der Waals surface area contributed by atoms with Crippen LogP contribution in [0, 0.1) is 12.8 Å². The molecule has 1 heterocycles. The second-order valence-corrected chi connectivity index (χ2v) is 5.10. The van der Waals surface area contributed by atoms with Crippen LogP contribution in [-0.4, -0.2) is 35.1 Å². The summed E-state index contributed by atoms with van der Waals surface area (Å²) in [6.45, 7) is 8.05. The first-order chi connectivity index (χ1) is 8.15. The van der Waals surface area contributed by atoms with Crippen LogP contribution in [0.15, 0.2) is 6.07 Å². The van der Waals surface area contributed by atoms with Gasteiger partial charge < -0.3 is 10.6 Å². The van der Waals surface area contributed by atoms with Crippen LogP contribution in [-0.2, 0) is 0 Å². The number of hydrogen-bond donors (Lipinski definition) is 2. The van der Waals surface area contributed by atoms with Crippen LogP contribution in [0.2, 0.25) is 0 Å². The zero-order valence-electron chi connectivity index (χ0n) is 11.1. The van der Waals surface area contributed by atoms with Crippen LogP contribution in [0.3, 0.4) is 0 Å². The van der Waals surface area contributed by atoms with E-state index in [2.05, 4.69) is 33.8 Å². The Labute approximate surface area is 108 Å². The number of hydrogen-bond acceptors (Lipinski definition) is 5. The molecule has 1 rings (SSSR count). The minimum absolute atomic E-state index is 0.642. The third-order valence-corrected chi connectivity index (χ3v) is 3.17. The molecule has 0 aromatic carbocycles. The monoisotopic (exact) mass is 254 g/mol. The van der Waals surface area contributed by atoms with Gasteiger partial charge in [-0.15, -0.1) is 0 Å². The Balaban J connectivity index is 2.57. The van der Waals surface area contributed by atoms with Crippen molar-refractivity contribution in [2.75, 3.05) is 35.7 Å². The minimum Gasteiger partial charge on any atom is -0.370 e. The molecule has 2 N–H and O–H groups in total. The maximum Gasteiger partial charge on any atom is 0.224 e. The highest BCUT2D eigenvalue weighted by molar-refractivity contribution is 7.98. The Bertz CT molecular complexity index is 343. The molecule has 0 bridgehead atoms. The summed E-state index contributed by atoms with van der Waals surface area (Å²) < 4.78 is 0. The summed E-state index contributed by atoms with van der Waals surface area (Å²) in [6.07, 6.45) is 2.13. The molecule has 0 spiro atoms. The van der Waals surface area contributed by atoms with Crippen molar-refractivity contribution >= 4 is 23.5 Å². The Morgan fingerprint density at radius 2 is 2.12 bits per heavy atom. The van der Waals surface area contributed by atoms with E-state index in [4.69, 9.17) is 0 Å². The maximum absolute atomic E-state index is 4.42. The normalized spacial score (nSPS) is 12.2. The SMILES string of the molecule is CCNc1nc(C)cc(NCC(C)CSC)n1. The molecule has 4 nitrogen and oxygen atoms in total. The lowest BCUT2D eigenvalue weighted by molar-refractivity contribution is 0.699. The molecule has 0 aliphatic carbocycles. The zero-order chi connectivity index (χ0) is 12.7. The average molecular weight is 254 g/mol. The van der Waals surface area contributed by atoms with E-state index in [0.717, 1.165) is 30.4 Å². The standard InChI is InChI=1S/C12H22N4S/c1-5-13-12-15-10(3)6-11(16-12)14-7-9(2)8-17-4/h6,9H,5,7-8H2,1-4H3,(H2,13,14,15,16). The molecule has 17 heavy (non-hydrogen) atoms. The van der Waals surface area contributed by atoms with Crippen LogP contribution >= 0.6 is 11.8 Å². The highest BCUT2D eigenvalue weighted by Crippen LogP contribution is 2.11. The predicted molar refractivity (Wildman–Crippen MR) is 77.0 cm³/mol. The topological polar surface area (TPSA) is 49.8 Å². The first-order valence-corrected chi connectivity index (χ1v) is 7.37. The first-order valence-electron chi connectivity index (χ1n) is 5.98. The molecule has 96 valence electrons. The van der Waals surface area contributed by atoms with Gasteiger partial charge >= 0.3 is 0 Å². The molecule has 0 saturated heterocycles. The van der Waals surface area contributed by atoms with Crippen molar-refractivity contribution in [2.45, 2.75) is 20.8 Å². The second-order valence-electron chi connectivity index (χ2n) is 4.19. The summed E-state index contributed by atoms with van der Waals surface area (Å²) in [5.41, 5.74) is 0.982. The van der Waals surface area contributed by atoms with Crippen LogP contribution in [0.5, 0.6) is 0 Å². The van der Waals surface area contributed by atoms with E-state index < -0.39 is 0 Å². The van der Waals surface area contributed by atoms with Crippen molar-refractivity contribution in [1.82, 2.24) is 9.97 Å². The quantitative estimate of drug-likeness (QED) is 0.783. The molecule has 0 fully saturated rings. The van der Waals surface area contributed by atoms with Crippen LogP contribution in [0.4, 0.5) is 11.8 Å². The zero-order valence-corrected chi connectivity index (χ0v) is 11.9. The van der Waals surface area contributed by atoms with Crippen molar-refractivity contribution < 1.29 is 0 Å². The van der Waals surface area contributed by atoms with E-state index >= 15 is 0 Å². The van der Waals surface area contributed by atoms with Gasteiger partial charge in [0.25, 0.3) is 0 Å². The summed E-state index contributed by atoms with van der Waals surface area (Å²) in [7, 11) is 0. The lowest BCUT2D eigenvalue weighted by atomic mass is 10.2. The number of nitrogens with one attached hydrogen (secondary N) is 2. The highest BCUT2D eigenvalue weighted by Gasteiger charge is 2.04. The van der Waals surface area contributed by atoms with Crippen LogP contribution in [0.1, 0.15) is 19.5 Å². The number of anilines is 2. The fourth-order valence-electron chi connectivity index (χ4n) is 1.52. The average Bonchev–Trinajstić information content (AvgIpc) is 2.26. The summed E-state index contributed by atoms with van der Waals surface area (Å²) >= 11 is 1.87. The first kappa shape index (κ1) is 14.1. The molecular formula is C12H22N4S. The summed E-state index contributed by atoms with van der Waals surface area (Å²) in [5, 5.41) is 6.50. The Kier molecular flexibility index (Phi) is 6.11. The van der Waals surface area contributed by atoms with Crippen molar-refractivity contribution in [3.05, 3.63) is 11.8 Å². The van der Waals surface area contributed by atoms with E-state index in [0.29, 0.717) is 11.9 Å². The largest absolute Gasteiger partial charge is 0.370 e. The fourth-order valence-corrected chi connectivity index (χ4v) is 2.21. The molecule has 0 aliphatic rings. The van der Waals surface area contributed by atoms with Gasteiger partial charge in [0.05, 0.1) is 0 Å². The van der Waals surface area contributed by atoms with Crippen molar-refractivity contribution in [3.8, 4) is 0 Å². The molecular weight excluding hydrogens is 232 g/mol. The minimum atomic E-state index is 0.642. The van der Waals surface area contributed by atoms with Gasteiger partial charge in [0, 0.05) is 24.8 Å². The Morgan fingerprint density at radius 1 is 1.35 bits per heavy atom. The van der Waals surface area contributed by atoms with E-state index in [1.165, 1.54) is 0 Å². The molecule has 0 aliphatic heterocycles. The van der Waals surface area contributed by atoms with Crippen molar-refractivity contribution in [3.63, 3.8) is 0 Å². The Hall–Kier alpha value is -0.970. The number of thioether (sulfide) groups is 1. The van der Waals surface area contributed by atoms with Crippen molar-refractivity contribution in [2.24, 2.45) is 5.92 Å². The van der Waals surface area contributed by atoms with Gasteiger partial charge in [-0.25, -0.2) is 4.98 Å². The van der Waals surface area contributed by atoms with Gasteiger partial charge in [-0.1, -0.05) is 6.92 Å². The molecule has 0 saturated carbocycles. The van der Waals surface area contributed by atoms with Gasteiger partial charge in [-0.05, 0) is 31.8 Å². The van der Waals surface area contributed by atoms with Gasteiger partial charge in [-0.2, -0.15) is 16.7 Å². The number of aromatic nitrogens is 2. The van der Waals surface area contributed by atoms with Crippen molar-refractivity contribution in [1.29, 1.82) is 0 Å². The van der Waals surface area contributed by atoms with Gasteiger partial charge in [0.15, 0.2) is 0 Å². The molecule has 0 radical (unpaired) electrons. The van der Waals surface area contributed by atoms with Gasteiger partial charge in [0.1, 0.15) is 5.82 Å². The van der Waals surface area contributed by atoms with E-state index in [1.54, 1.807) is 0 Å². The lowest BCUT2D eigenvalue weighted by Crippen LogP contribution is -2.15. The molecule has 5 heteroatoms. The molecule has 1 aromatic rings. The molecule has 1 aromatic heterocycles. The van der Waals surface area contributed by atoms with E-state index in [9.17, 15) is 0 Å². The number of nitrogens with zero attached hydrogens (tertiary/aromatic N) is 2. The molecule has 1 atom stereocenters. The molecule has 0 amide bonds. The lowest BCUT2D eigenvalue weighted by Gasteiger charge is -2.13. The van der Waals surface area contributed by atoms with Crippen LogP contribution in [0.25, 0.3) is 0 Å². The summed E-state index contributed by atoms with van der Waals surface area (Å²) in [5.74, 6) is 3.41. The number of rotatable bonds is 7. The van der Waals surface area contributed by atoms with Gasteiger partial charge in [0.2, 0.25) is 5.95 Å². The Morgan fingerprint density at radius 3 is 2.76 bits per heavy atom. The maximum atomic E-state index is 4.42. The summed E-state index contributed by atoms with van der Waals surface area (Å²) in [4.78, 5) is 8.74. The smallest absolute Gasteiger partial charge is 0.224 e. The third-order valence-electron chi connectivity index (χ3n) is 2.27. The highest BCUT2D eigenvalue weighted by atomic mass is 32.2. The van der Waals surface area contributed by atoms with E-state index in [1.807, 2.05) is 31.7 Å². The van der Waals surface area contributed by atoms with E-state index in [-0.39, 0.29) is 0 Å². The third kappa shape index (κ3) is 5.26. The summed E-state index contributed by atoms with van der Waals surface area (Å²) in [6, 6.07) is 1.98.